The van der Waals surface area contributed by atoms with E-state index in [0.29, 0.717) is 0 Å². The number of fused-ring (bicyclic) bond motifs is 4. The average Bonchev–Trinajstić information content (AvgIpc) is 3.64. The number of aryl methyl sites for hydroxylation is 1. The Morgan fingerprint density at radius 1 is 0.620 bits per heavy atom. The van der Waals surface area contributed by atoms with Gasteiger partial charge in [0.05, 0.1) is 22.3 Å². The van der Waals surface area contributed by atoms with E-state index < -0.39 is 0 Å². The molecule has 0 radical (unpaired) electrons. The van der Waals surface area contributed by atoms with Gasteiger partial charge in [-0.1, -0.05) is 108 Å². The topological polar surface area (TPSA) is 64.1 Å². The molecule has 0 bridgehead atoms. The van der Waals surface area contributed by atoms with Gasteiger partial charge in [-0.15, -0.1) is 0 Å². The summed E-state index contributed by atoms with van der Waals surface area (Å²) in [6.45, 7) is 13.1. The molecule has 0 aliphatic carbocycles. The molecular formula is C45H41N3O2. The van der Waals surface area contributed by atoms with Crippen LogP contribution in [-0.2, 0) is 17.9 Å². The van der Waals surface area contributed by atoms with Gasteiger partial charge in [0.2, 0.25) is 0 Å². The van der Waals surface area contributed by atoms with Crippen LogP contribution in [0.4, 0.5) is 0 Å². The first kappa shape index (κ1) is 31.6. The van der Waals surface area contributed by atoms with E-state index in [1.165, 1.54) is 0 Å². The molecule has 8 aromatic rings. The van der Waals surface area contributed by atoms with Crippen molar-refractivity contribution >= 4 is 33.0 Å². The summed E-state index contributed by atoms with van der Waals surface area (Å²) in [5, 5.41) is 13.8. The predicted octanol–water partition coefficient (Wildman–Crippen LogP) is 11.8. The molecule has 0 aliphatic heterocycles. The van der Waals surface area contributed by atoms with Crippen LogP contribution in [0.25, 0.3) is 77.9 Å². The van der Waals surface area contributed by atoms with Gasteiger partial charge in [-0.25, -0.2) is 4.98 Å². The maximum Gasteiger partial charge on any atom is 0.144 e. The Hall–Kier alpha value is -5.68. The van der Waals surface area contributed by atoms with Gasteiger partial charge >= 0.3 is 0 Å². The molecule has 5 aromatic carbocycles. The lowest BCUT2D eigenvalue weighted by Gasteiger charge is -2.27. The summed E-state index contributed by atoms with van der Waals surface area (Å²) in [5.41, 5.74) is 12.1. The van der Waals surface area contributed by atoms with Crippen LogP contribution in [0.2, 0.25) is 0 Å². The maximum atomic E-state index is 11.8. The molecule has 3 aromatic heterocycles. The second-order valence-electron chi connectivity index (χ2n) is 15.4. The molecule has 0 spiro atoms. The molecule has 50 heavy (non-hydrogen) atoms. The quantitative estimate of drug-likeness (QED) is 0.205. The number of rotatable bonds is 4. The fourth-order valence-electron chi connectivity index (χ4n) is 7.00. The molecule has 1 N–H and O–H groups in total. The molecule has 3 heterocycles. The summed E-state index contributed by atoms with van der Waals surface area (Å²) in [4.78, 5) is 10.3. The molecule has 0 unspecified atom stereocenters. The predicted molar refractivity (Wildman–Crippen MR) is 207 cm³/mol. The van der Waals surface area contributed by atoms with Gasteiger partial charge in [-0.3, -0.25) is 4.98 Å². The third-order valence-corrected chi connectivity index (χ3v) is 9.85. The molecule has 0 fully saturated rings. The molecular weight excluding hydrogens is 615 g/mol. The first-order chi connectivity index (χ1) is 23.9. The number of phenolic OH excluding ortho intramolecular Hbond substituents is 1. The van der Waals surface area contributed by atoms with E-state index in [1.54, 1.807) is 0 Å². The average molecular weight is 656 g/mol. The summed E-state index contributed by atoms with van der Waals surface area (Å²) in [6.07, 6.45) is 1.92. The highest BCUT2D eigenvalue weighted by atomic mass is 16.3. The van der Waals surface area contributed by atoms with Gasteiger partial charge in [0.15, 0.2) is 0 Å². The van der Waals surface area contributed by atoms with Crippen molar-refractivity contribution in [3.8, 4) is 50.6 Å². The molecule has 0 atom stereocenters. The number of aromatic hydroxyl groups is 1. The van der Waals surface area contributed by atoms with Crippen molar-refractivity contribution in [1.82, 2.24) is 14.5 Å². The third-order valence-electron chi connectivity index (χ3n) is 9.85. The van der Waals surface area contributed by atoms with E-state index in [-0.39, 0.29) is 16.6 Å². The van der Waals surface area contributed by atoms with Crippen LogP contribution in [0.1, 0.15) is 52.7 Å². The number of hydrogen-bond donors (Lipinski definition) is 1. The minimum Gasteiger partial charge on any atom is -0.507 e. The number of pyridine rings is 1. The number of benzene rings is 5. The van der Waals surface area contributed by atoms with Crippen molar-refractivity contribution in [2.75, 3.05) is 0 Å². The normalized spacial score (nSPS) is 12.4. The standard InChI is InChI=1S/C45H41N3O2/c1-44(2,3)31-23-34(42(49)36(24-31)45(4,5)6)43-47-41-32(17-13-18-38(41)48(43)7)29-20-28(27-14-9-8-10-15-27)21-30(22-29)37-25-40-35(26-46-37)33-16-11-12-19-39(33)50-40/h8-26,49H,1-7H3. The SMILES string of the molecule is Cn1c(-c2cc(C(C)(C)C)cc(C(C)(C)C)c2O)nc2c(-c3cc(-c4ccccc4)cc(-c4cc5oc6ccccc6c5cn4)c3)cccc21. The van der Waals surface area contributed by atoms with Crippen molar-refractivity contribution in [1.29, 1.82) is 0 Å². The number of hydrogen-bond acceptors (Lipinski definition) is 4. The van der Waals surface area contributed by atoms with E-state index in [2.05, 4.69) is 125 Å². The monoisotopic (exact) mass is 655 g/mol. The first-order valence-corrected chi connectivity index (χ1v) is 17.2. The lowest BCUT2D eigenvalue weighted by Crippen LogP contribution is -2.17. The van der Waals surface area contributed by atoms with Crippen molar-refractivity contribution in [3.05, 3.63) is 127 Å². The van der Waals surface area contributed by atoms with E-state index in [4.69, 9.17) is 14.4 Å². The van der Waals surface area contributed by atoms with Crippen LogP contribution in [0.3, 0.4) is 0 Å². The number of nitrogens with zero attached hydrogens (tertiary/aromatic N) is 3. The number of aromatic nitrogens is 3. The van der Waals surface area contributed by atoms with E-state index >= 15 is 0 Å². The third kappa shape index (κ3) is 5.34. The Kier molecular flexibility index (Phi) is 7.23. The summed E-state index contributed by atoms with van der Waals surface area (Å²) in [5.74, 6) is 1.02. The highest BCUT2D eigenvalue weighted by Crippen LogP contribution is 2.44. The van der Waals surface area contributed by atoms with E-state index in [9.17, 15) is 5.11 Å². The van der Waals surface area contributed by atoms with Crippen LogP contribution in [-0.4, -0.2) is 19.6 Å². The molecule has 8 rings (SSSR count). The first-order valence-electron chi connectivity index (χ1n) is 17.2. The van der Waals surface area contributed by atoms with Gasteiger partial charge in [-0.2, -0.15) is 0 Å². The van der Waals surface area contributed by atoms with Gasteiger partial charge in [0, 0.05) is 46.8 Å². The number of furan rings is 1. The van der Waals surface area contributed by atoms with Crippen LogP contribution < -0.4 is 0 Å². The second kappa shape index (κ2) is 11.4. The van der Waals surface area contributed by atoms with Crippen molar-refractivity contribution in [2.24, 2.45) is 7.05 Å². The number of imidazole rings is 1. The van der Waals surface area contributed by atoms with Gasteiger partial charge in [0.25, 0.3) is 0 Å². The van der Waals surface area contributed by atoms with Gasteiger partial charge < -0.3 is 14.1 Å². The number of phenols is 1. The van der Waals surface area contributed by atoms with Crippen molar-refractivity contribution in [2.45, 2.75) is 52.4 Å². The maximum absolute atomic E-state index is 11.8. The molecule has 0 amide bonds. The fourth-order valence-corrected chi connectivity index (χ4v) is 7.00. The minimum absolute atomic E-state index is 0.105. The van der Waals surface area contributed by atoms with Crippen LogP contribution in [0.5, 0.6) is 5.75 Å². The van der Waals surface area contributed by atoms with Crippen molar-refractivity contribution < 1.29 is 9.52 Å². The highest BCUT2D eigenvalue weighted by molar-refractivity contribution is 6.05. The summed E-state index contributed by atoms with van der Waals surface area (Å²) in [6, 6.07) is 37.8. The zero-order valence-electron chi connectivity index (χ0n) is 29.7. The smallest absolute Gasteiger partial charge is 0.144 e. The van der Waals surface area contributed by atoms with E-state index in [0.717, 1.165) is 89.0 Å². The molecule has 0 saturated carbocycles. The Labute approximate surface area is 292 Å². The fraction of sp³-hybridized carbons (Fsp3) is 0.200. The highest BCUT2D eigenvalue weighted by Gasteiger charge is 2.27. The Morgan fingerprint density at radius 3 is 2.10 bits per heavy atom. The lowest BCUT2D eigenvalue weighted by molar-refractivity contribution is 0.446. The lowest BCUT2D eigenvalue weighted by atomic mass is 9.79. The molecule has 5 heteroatoms. The minimum atomic E-state index is -0.246. The van der Waals surface area contributed by atoms with Gasteiger partial charge in [-0.05, 0) is 69.5 Å². The van der Waals surface area contributed by atoms with Crippen molar-refractivity contribution in [3.63, 3.8) is 0 Å². The molecule has 5 nitrogen and oxygen atoms in total. The zero-order valence-corrected chi connectivity index (χ0v) is 29.7. The molecule has 0 saturated heterocycles. The Balaban J connectivity index is 1.34. The molecule has 248 valence electrons. The summed E-state index contributed by atoms with van der Waals surface area (Å²) in [7, 11) is 2.03. The Morgan fingerprint density at radius 2 is 1.34 bits per heavy atom. The second-order valence-corrected chi connectivity index (χ2v) is 15.4. The Bertz CT molecular complexity index is 2580. The molecule has 0 aliphatic rings. The van der Waals surface area contributed by atoms with Gasteiger partial charge in [0.1, 0.15) is 22.7 Å². The van der Waals surface area contributed by atoms with Crippen LogP contribution >= 0.6 is 0 Å². The number of para-hydroxylation sites is 2. The zero-order chi connectivity index (χ0) is 34.9. The largest absolute Gasteiger partial charge is 0.507 e. The van der Waals surface area contributed by atoms with Crippen LogP contribution in [0, 0.1) is 0 Å². The van der Waals surface area contributed by atoms with Crippen LogP contribution in [0.15, 0.2) is 120 Å². The summed E-state index contributed by atoms with van der Waals surface area (Å²) >= 11 is 0. The summed E-state index contributed by atoms with van der Waals surface area (Å²) < 4.78 is 8.36. The van der Waals surface area contributed by atoms with E-state index in [1.807, 2.05) is 43.6 Å².